The van der Waals surface area contributed by atoms with Crippen LogP contribution in [0.4, 0.5) is 10.5 Å². The van der Waals surface area contributed by atoms with Gasteiger partial charge in [0.05, 0.1) is 10.0 Å². The van der Waals surface area contributed by atoms with E-state index < -0.39 is 0 Å². The van der Waals surface area contributed by atoms with Crippen molar-refractivity contribution in [3.8, 4) is 11.4 Å². The van der Waals surface area contributed by atoms with E-state index in [1.165, 1.54) is 0 Å². The molecule has 5 nitrogen and oxygen atoms in total. The number of aromatic nitrogens is 2. The molecule has 2 heterocycles. The second-order valence-corrected chi connectivity index (χ2v) is 8.07. The zero-order valence-electron chi connectivity index (χ0n) is 15.9. The Labute approximate surface area is 180 Å². The highest BCUT2D eigenvalue weighted by atomic mass is 35.5. The normalized spacial score (nSPS) is 14.8. The first-order valence-electron chi connectivity index (χ1n) is 9.67. The van der Waals surface area contributed by atoms with Crippen LogP contribution < -0.4 is 5.32 Å². The van der Waals surface area contributed by atoms with Crippen LogP contribution in [0.15, 0.2) is 60.9 Å². The average Bonchev–Trinajstić information content (AvgIpc) is 3.20. The van der Waals surface area contributed by atoms with Crippen LogP contribution in [0, 0.1) is 5.92 Å². The first kappa shape index (κ1) is 19.8. The van der Waals surface area contributed by atoms with Gasteiger partial charge in [-0.1, -0.05) is 53.5 Å². The third-order valence-electron chi connectivity index (χ3n) is 5.27. The Morgan fingerprint density at radius 1 is 1.07 bits per heavy atom. The minimum absolute atomic E-state index is 0.102. The molecule has 0 saturated carbocycles. The molecular formula is C22H22Cl2N4O. The molecule has 150 valence electrons. The predicted molar refractivity (Wildman–Crippen MR) is 117 cm³/mol. The summed E-state index contributed by atoms with van der Waals surface area (Å²) in [6.07, 6.45) is 5.80. The van der Waals surface area contributed by atoms with Crippen molar-refractivity contribution >= 4 is 34.9 Å². The lowest BCUT2D eigenvalue weighted by Crippen LogP contribution is -2.41. The van der Waals surface area contributed by atoms with Crippen molar-refractivity contribution in [1.29, 1.82) is 0 Å². The van der Waals surface area contributed by atoms with E-state index in [1.54, 1.807) is 18.2 Å². The molecule has 0 spiro atoms. The summed E-state index contributed by atoms with van der Waals surface area (Å²) in [5, 5.41) is 3.80. The maximum atomic E-state index is 12.6. The number of amides is 2. The molecule has 3 aromatic rings. The molecule has 7 heteroatoms. The third kappa shape index (κ3) is 4.74. The first-order chi connectivity index (χ1) is 14.1. The number of carbonyl (C=O) groups is 1. The van der Waals surface area contributed by atoms with Gasteiger partial charge in [0.1, 0.15) is 5.82 Å². The number of likely N-dealkylation sites (tertiary alicyclic amines) is 1. The van der Waals surface area contributed by atoms with Crippen LogP contribution in [0.2, 0.25) is 10.0 Å². The van der Waals surface area contributed by atoms with Gasteiger partial charge in [0.15, 0.2) is 0 Å². The summed E-state index contributed by atoms with van der Waals surface area (Å²) < 4.78 is 2.21. The van der Waals surface area contributed by atoms with E-state index in [9.17, 15) is 4.79 Å². The van der Waals surface area contributed by atoms with Crippen molar-refractivity contribution in [2.75, 3.05) is 18.4 Å². The molecule has 1 aliphatic rings. The molecule has 0 unspecified atom stereocenters. The number of nitrogens with zero attached hydrogens (tertiary/aromatic N) is 3. The van der Waals surface area contributed by atoms with E-state index in [4.69, 9.17) is 23.2 Å². The lowest BCUT2D eigenvalue weighted by Gasteiger charge is -2.32. The Morgan fingerprint density at radius 3 is 2.55 bits per heavy atom. The number of hydrogen-bond acceptors (Lipinski definition) is 2. The van der Waals surface area contributed by atoms with Crippen molar-refractivity contribution in [3.05, 3.63) is 71.0 Å². The summed E-state index contributed by atoms with van der Waals surface area (Å²) in [6, 6.07) is 15.2. The van der Waals surface area contributed by atoms with Gasteiger partial charge in [-0.2, -0.15) is 0 Å². The fraction of sp³-hybridized carbons (Fsp3) is 0.273. The van der Waals surface area contributed by atoms with Gasteiger partial charge in [-0.3, -0.25) is 0 Å². The summed E-state index contributed by atoms with van der Waals surface area (Å²) in [5.74, 6) is 1.51. The number of hydrogen-bond donors (Lipinski definition) is 1. The standard InChI is InChI=1S/C22H22Cl2N4O/c23-19-7-6-18(14-20(19)24)26-22(29)27-11-8-16(9-12-27)15-28-13-10-25-21(28)17-4-2-1-3-5-17/h1-7,10,13-14,16H,8-9,11-12,15H2,(H,26,29). The van der Waals surface area contributed by atoms with Gasteiger partial charge >= 0.3 is 6.03 Å². The van der Waals surface area contributed by atoms with Crippen LogP contribution in [-0.4, -0.2) is 33.6 Å². The van der Waals surface area contributed by atoms with Gasteiger partial charge in [-0.25, -0.2) is 9.78 Å². The fourth-order valence-electron chi connectivity index (χ4n) is 3.68. The van der Waals surface area contributed by atoms with Gasteiger partial charge in [0, 0.05) is 43.3 Å². The summed E-state index contributed by atoms with van der Waals surface area (Å²) in [4.78, 5) is 18.9. The summed E-state index contributed by atoms with van der Waals surface area (Å²) in [5.41, 5.74) is 1.77. The maximum Gasteiger partial charge on any atom is 0.321 e. The number of anilines is 1. The van der Waals surface area contributed by atoms with Crippen molar-refractivity contribution in [1.82, 2.24) is 14.5 Å². The lowest BCUT2D eigenvalue weighted by molar-refractivity contribution is 0.177. The molecule has 29 heavy (non-hydrogen) atoms. The highest BCUT2D eigenvalue weighted by Crippen LogP contribution is 2.26. The number of nitrogens with one attached hydrogen (secondary N) is 1. The van der Waals surface area contributed by atoms with E-state index >= 15 is 0 Å². The first-order valence-corrected chi connectivity index (χ1v) is 10.4. The average molecular weight is 429 g/mol. The Hall–Kier alpha value is -2.50. The van der Waals surface area contributed by atoms with Gasteiger partial charge in [-0.15, -0.1) is 0 Å². The molecule has 1 aromatic heterocycles. The predicted octanol–water partition coefficient (Wildman–Crippen LogP) is 5.80. The Balaban J connectivity index is 1.32. The van der Waals surface area contributed by atoms with Crippen molar-refractivity contribution in [2.24, 2.45) is 5.92 Å². The van der Waals surface area contributed by atoms with Crippen LogP contribution in [0.5, 0.6) is 0 Å². The second-order valence-electron chi connectivity index (χ2n) is 7.26. The Bertz CT molecular complexity index is 981. The van der Waals surface area contributed by atoms with Gasteiger partial charge in [0.2, 0.25) is 0 Å². The van der Waals surface area contributed by atoms with E-state index in [1.807, 2.05) is 35.5 Å². The smallest absolute Gasteiger partial charge is 0.321 e. The second kappa shape index (κ2) is 8.89. The quantitative estimate of drug-likeness (QED) is 0.570. The molecule has 0 atom stereocenters. The number of urea groups is 1. The molecule has 1 aliphatic heterocycles. The summed E-state index contributed by atoms with van der Waals surface area (Å²) >= 11 is 12.0. The molecule has 0 aliphatic carbocycles. The van der Waals surface area contributed by atoms with Crippen LogP contribution in [0.3, 0.4) is 0 Å². The zero-order chi connectivity index (χ0) is 20.2. The summed E-state index contributed by atoms with van der Waals surface area (Å²) in [7, 11) is 0. The topological polar surface area (TPSA) is 50.2 Å². The fourth-order valence-corrected chi connectivity index (χ4v) is 3.98. The highest BCUT2D eigenvalue weighted by Gasteiger charge is 2.24. The van der Waals surface area contributed by atoms with Gasteiger partial charge < -0.3 is 14.8 Å². The largest absolute Gasteiger partial charge is 0.331 e. The van der Waals surface area contributed by atoms with Gasteiger partial charge in [0.25, 0.3) is 0 Å². The molecule has 1 saturated heterocycles. The molecule has 2 aromatic carbocycles. The molecular weight excluding hydrogens is 407 g/mol. The monoisotopic (exact) mass is 428 g/mol. The molecule has 1 fully saturated rings. The van der Waals surface area contributed by atoms with Crippen LogP contribution in [0.1, 0.15) is 12.8 Å². The van der Waals surface area contributed by atoms with Crippen LogP contribution in [0.25, 0.3) is 11.4 Å². The van der Waals surface area contributed by atoms with Crippen LogP contribution in [-0.2, 0) is 6.54 Å². The van der Waals surface area contributed by atoms with Gasteiger partial charge in [-0.05, 0) is 37.0 Å². The molecule has 0 radical (unpaired) electrons. The zero-order valence-corrected chi connectivity index (χ0v) is 17.4. The highest BCUT2D eigenvalue weighted by molar-refractivity contribution is 6.42. The number of rotatable bonds is 4. The maximum absolute atomic E-state index is 12.6. The number of halogens is 2. The number of imidazole rings is 1. The SMILES string of the molecule is O=C(Nc1ccc(Cl)c(Cl)c1)N1CCC(Cn2ccnc2-c2ccccc2)CC1. The summed E-state index contributed by atoms with van der Waals surface area (Å²) in [6.45, 7) is 2.37. The molecule has 0 bridgehead atoms. The number of benzene rings is 2. The van der Waals surface area contributed by atoms with E-state index in [0.717, 1.165) is 43.9 Å². The molecule has 1 N–H and O–H groups in total. The van der Waals surface area contributed by atoms with Crippen LogP contribution >= 0.6 is 23.2 Å². The Kier molecular flexibility index (Phi) is 6.07. The lowest BCUT2D eigenvalue weighted by atomic mass is 9.97. The van der Waals surface area contributed by atoms with Crippen molar-refractivity contribution < 1.29 is 4.79 Å². The number of carbonyl (C=O) groups excluding carboxylic acids is 1. The third-order valence-corrected chi connectivity index (χ3v) is 6.01. The van der Waals surface area contributed by atoms with E-state index in [-0.39, 0.29) is 6.03 Å². The Morgan fingerprint density at radius 2 is 1.83 bits per heavy atom. The number of piperidine rings is 1. The van der Waals surface area contributed by atoms with Crippen molar-refractivity contribution in [2.45, 2.75) is 19.4 Å². The van der Waals surface area contributed by atoms with E-state index in [0.29, 0.717) is 21.7 Å². The molecule has 2 amide bonds. The minimum atomic E-state index is -0.102. The minimum Gasteiger partial charge on any atom is -0.331 e. The van der Waals surface area contributed by atoms with Crippen molar-refractivity contribution in [3.63, 3.8) is 0 Å². The molecule has 4 rings (SSSR count). The van der Waals surface area contributed by atoms with E-state index in [2.05, 4.69) is 27.0 Å².